The van der Waals surface area contributed by atoms with E-state index in [1.165, 1.54) is 0 Å². The van der Waals surface area contributed by atoms with Crippen LogP contribution in [0.1, 0.15) is 12.8 Å². The highest BCUT2D eigenvalue weighted by atomic mass is 79.9. The fourth-order valence-corrected chi connectivity index (χ4v) is 1.98. The highest BCUT2D eigenvalue weighted by molar-refractivity contribution is 9.10. The van der Waals surface area contributed by atoms with E-state index in [2.05, 4.69) is 21.2 Å². The SMILES string of the molecule is O=C(Oc1cccc(Br)c1)[C@@H]1CCCN1. The summed E-state index contributed by atoms with van der Waals surface area (Å²) in [4.78, 5) is 11.6. The Labute approximate surface area is 96.9 Å². The van der Waals surface area contributed by atoms with Crippen molar-refractivity contribution in [1.82, 2.24) is 5.32 Å². The lowest BCUT2D eigenvalue weighted by Gasteiger charge is -2.09. The van der Waals surface area contributed by atoms with Gasteiger partial charge in [0.2, 0.25) is 0 Å². The van der Waals surface area contributed by atoms with E-state index >= 15 is 0 Å². The van der Waals surface area contributed by atoms with Crippen molar-refractivity contribution in [3.05, 3.63) is 28.7 Å². The quantitative estimate of drug-likeness (QED) is 0.660. The van der Waals surface area contributed by atoms with E-state index in [1.807, 2.05) is 12.1 Å². The Morgan fingerprint density at radius 2 is 2.40 bits per heavy atom. The molecule has 2 rings (SSSR count). The number of esters is 1. The summed E-state index contributed by atoms with van der Waals surface area (Å²) in [7, 11) is 0. The van der Waals surface area contributed by atoms with E-state index in [9.17, 15) is 4.79 Å². The molecule has 1 atom stereocenters. The summed E-state index contributed by atoms with van der Waals surface area (Å²) in [6.07, 6.45) is 1.91. The predicted molar refractivity (Wildman–Crippen MR) is 60.8 cm³/mol. The average Bonchev–Trinajstić information content (AvgIpc) is 2.70. The zero-order valence-corrected chi connectivity index (χ0v) is 9.79. The van der Waals surface area contributed by atoms with Crippen molar-refractivity contribution in [3.63, 3.8) is 0 Å². The smallest absolute Gasteiger partial charge is 0.328 e. The number of nitrogens with one attached hydrogen (secondary N) is 1. The Bertz CT molecular complexity index is 361. The highest BCUT2D eigenvalue weighted by Crippen LogP contribution is 2.19. The van der Waals surface area contributed by atoms with Gasteiger partial charge in [0.1, 0.15) is 11.8 Å². The number of rotatable bonds is 2. The molecule has 0 saturated carbocycles. The van der Waals surface area contributed by atoms with Gasteiger partial charge in [0.05, 0.1) is 0 Å². The van der Waals surface area contributed by atoms with Crippen LogP contribution in [0.4, 0.5) is 0 Å². The Kier molecular flexibility index (Phi) is 3.38. The lowest BCUT2D eigenvalue weighted by molar-refractivity contribution is -0.136. The molecule has 1 fully saturated rings. The second-order valence-corrected chi connectivity index (χ2v) is 4.44. The number of ether oxygens (including phenoxy) is 1. The molecule has 0 radical (unpaired) electrons. The Hall–Kier alpha value is -0.870. The van der Waals surface area contributed by atoms with Gasteiger partial charge in [-0.15, -0.1) is 0 Å². The van der Waals surface area contributed by atoms with Crippen LogP contribution in [0.5, 0.6) is 5.75 Å². The Balaban J connectivity index is 1.99. The van der Waals surface area contributed by atoms with Gasteiger partial charge in [-0.2, -0.15) is 0 Å². The lowest BCUT2D eigenvalue weighted by Crippen LogP contribution is -2.34. The molecule has 0 spiro atoms. The van der Waals surface area contributed by atoms with Gasteiger partial charge < -0.3 is 10.1 Å². The molecule has 1 aliphatic heterocycles. The van der Waals surface area contributed by atoms with E-state index in [0.717, 1.165) is 23.9 Å². The van der Waals surface area contributed by atoms with Crippen LogP contribution in [0.3, 0.4) is 0 Å². The van der Waals surface area contributed by atoms with Gasteiger partial charge in [-0.1, -0.05) is 22.0 Å². The maximum absolute atomic E-state index is 11.6. The van der Waals surface area contributed by atoms with Gasteiger partial charge in [0, 0.05) is 4.47 Å². The lowest BCUT2D eigenvalue weighted by atomic mass is 10.2. The molecule has 3 nitrogen and oxygen atoms in total. The molecular weight excluding hydrogens is 258 g/mol. The van der Waals surface area contributed by atoms with E-state index in [1.54, 1.807) is 12.1 Å². The molecule has 1 aliphatic rings. The number of benzene rings is 1. The molecule has 0 aliphatic carbocycles. The summed E-state index contributed by atoms with van der Waals surface area (Å²) in [5.41, 5.74) is 0. The molecule has 0 bridgehead atoms. The second kappa shape index (κ2) is 4.77. The minimum absolute atomic E-state index is 0.135. The van der Waals surface area contributed by atoms with E-state index < -0.39 is 0 Å². The summed E-state index contributed by atoms with van der Waals surface area (Å²) >= 11 is 3.33. The average molecular weight is 270 g/mol. The van der Waals surface area contributed by atoms with Gasteiger partial charge >= 0.3 is 5.97 Å². The minimum Gasteiger partial charge on any atom is -0.425 e. The van der Waals surface area contributed by atoms with Gasteiger partial charge in [-0.25, -0.2) is 4.79 Å². The van der Waals surface area contributed by atoms with E-state index in [0.29, 0.717) is 5.75 Å². The van der Waals surface area contributed by atoms with Crippen molar-refractivity contribution in [1.29, 1.82) is 0 Å². The number of hydrogen-bond donors (Lipinski definition) is 1. The zero-order chi connectivity index (χ0) is 10.7. The first-order chi connectivity index (χ1) is 7.25. The van der Waals surface area contributed by atoms with E-state index in [4.69, 9.17) is 4.74 Å². The van der Waals surface area contributed by atoms with Gasteiger partial charge in [-0.05, 0) is 37.6 Å². The molecular formula is C11H12BrNO2. The summed E-state index contributed by atoms with van der Waals surface area (Å²) in [5, 5.41) is 3.10. The van der Waals surface area contributed by atoms with Crippen LogP contribution >= 0.6 is 15.9 Å². The standard InChI is InChI=1S/C11H12BrNO2/c12-8-3-1-4-9(7-8)15-11(14)10-5-2-6-13-10/h1,3-4,7,10,13H,2,5-6H2/t10-/m0/s1. The van der Waals surface area contributed by atoms with Crippen LogP contribution in [0.15, 0.2) is 28.7 Å². The summed E-state index contributed by atoms with van der Waals surface area (Å²) in [5.74, 6) is 0.397. The third-order valence-corrected chi connectivity index (χ3v) is 2.85. The van der Waals surface area contributed by atoms with Crippen LogP contribution in [0.25, 0.3) is 0 Å². The summed E-state index contributed by atoms with van der Waals surface area (Å²) < 4.78 is 6.16. The number of carbonyl (C=O) groups excluding carboxylic acids is 1. The van der Waals surface area contributed by atoms with Crippen molar-refractivity contribution in [2.75, 3.05) is 6.54 Å². The molecule has 1 heterocycles. The Morgan fingerprint density at radius 3 is 3.07 bits per heavy atom. The minimum atomic E-state index is -0.189. The maximum atomic E-state index is 11.6. The fourth-order valence-electron chi connectivity index (χ4n) is 1.60. The third kappa shape index (κ3) is 2.79. The number of hydrogen-bond acceptors (Lipinski definition) is 3. The summed E-state index contributed by atoms with van der Waals surface area (Å²) in [6.45, 7) is 0.901. The first kappa shape index (κ1) is 10.6. The maximum Gasteiger partial charge on any atom is 0.328 e. The normalized spacial score (nSPS) is 20.2. The van der Waals surface area contributed by atoms with Crippen LogP contribution in [-0.4, -0.2) is 18.6 Å². The van der Waals surface area contributed by atoms with Crippen molar-refractivity contribution < 1.29 is 9.53 Å². The van der Waals surface area contributed by atoms with Gasteiger partial charge in [0.15, 0.2) is 0 Å². The Morgan fingerprint density at radius 1 is 1.53 bits per heavy atom. The van der Waals surface area contributed by atoms with Crippen molar-refractivity contribution in [2.24, 2.45) is 0 Å². The first-order valence-electron chi connectivity index (χ1n) is 4.96. The van der Waals surface area contributed by atoms with Crippen molar-refractivity contribution in [3.8, 4) is 5.75 Å². The topological polar surface area (TPSA) is 38.3 Å². The van der Waals surface area contributed by atoms with Crippen molar-refractivity contribution in [2.45, 2.75) is 18.9 Å². The predicted octanol–water partition coefficient (Wildman–Crippen LogP) is 2.11. The monoisotopic (exact) mass is 269 g/mol. The second-order valence-electron chi connectivity index (χ2n) is 3.53. The largest absolute Gasteiger partial charge is 0.425 e. The zero-order valence-electron chi connectivity index (χ0n) is 8.20. The molecule has 80 valence electrons. The molecule has 1 aromatic rings. The highest BCUT2D eigenvalue weighted by Gasteiger charge is 2.23. The first-order valence-corrected chi connectivity index (χ1v) is 5.75. The molecule has 15 heavy (non-hydrogen) atoms. The molecule has 1 saturated heterocycles. The van der Waals surface area contributed by atoms with Crippen LogP contribution in [-0.2, 0) is 4.79 Å². The van der Waals surface area contributed by atoms with Crippen molar-refractivity contribution >= 4 is 21.9 Å². The number of halogens is 1. The van der Waals surface area contributed by atoms with Crippen LogP contribution in [0.2, 0.25) is 0 Å². The summed E-state index contributed by atoms with van der Waals surface area (Å²) in [6, 6.07) is 7.16. The molecule has 4 heteroatoms. The van der Waals surface area contributed by atoms with Crippen LogP contribution < -0.4 is 10.1 Å². The fraction of sp³-hybridized carbons (Fsp3) is 0.364. The molecule has 1 aromatic carbocycles. The van der Waals surface area contributed by atoms with E-state index in [-0.39, 0.29) is 12.0 Å². The molecule has 0 amide bonds. The van der Waals surface area contributed by atoms with Gasteiger partial charge in [-0.3, -0.25) is 0 Å². The molecule has 0 unspecified atom stereocenters. The van der Waals surface area contributed by atoms with Crippen LogP contribution in [0, 0.1) is 0 Å². The number of carbonyl (C=O) groups is 1. The molecule has 0 aromatic heterocycles. The third-order valence-electron chi connectivity index (χ3n) is 2.36. The molecule has 1 N–H and O–H groups in total. The van der Waals surface area contributed by atoms with Gasteiger partial charge in [0.25, 0.3) is 0 Å².